The average molecular weight is 386 g/mol. The first-order chi connectivity index (χ1) is 13.0. The molecule has 0 bridgehead atoms. The summed E-state index contributed by atoms with van der Waals surface area (Å²) in [4.78, 5) is 5.95. The highest BCUT2D eigenvalue weighted by Crippen LogP contribution is 2.37. The number of fused-ring (bicyclic) bond motifs is 1. The van der Waals surface area contributed by atoms with Gasteiger partial charge >= 0.3 is 0 Å². The van der Waals surface area contributed by atoms with E-state index >= 15 is 0 Å². The fourth-order valence-corrected chi connectivity index (χ4v) is 4.15. The summed E-state index contributed by atoms with van der Waals surface area (Å²) < 4.78 is 43.2. The van der Waals surface area contributed by atoms with Crippen LogP contribution in [0.3, 0.4) is 0 Å². The molecule has 1 aliphatic heterocycles. The summed E-state index contributed by atoms with van der Waals surface area (Å²) >= 11 is 0. The first-order valence-corrected chi connectivity index (χ1v) is 9.83. The molecule has 0 unspecified atom stereocenters. The third kappa shape index (κ3) is 3.12. The molecular formula is C19H18N2O5S. The van der Waals surface area contributed by atoms with E-state index in [4.69, 9.17) is 13.9 Å². The van der Waals surface area contributed by atoms with Gasteiger partial charge in [-0.25, -0.2) is 8.42 Å². The number of hydrogen-bond donors (Lipinski definition) is 0. The summed E-state index contributed by atoms with van der Waals surface area (Å²) in [5.41, 5.74) is 0.698. The molecule has 8 heteroatoms. The number of nitrogens with zero attached hydrogens (tertiary/aromatic N) is 2. The van der Waals surface area contributed by atoms with E-state index in [1.807, 2.05) is 30.3 Å². The first kappa shape index (κ1) is 17.4. The summed E-state index contributed by atoms with van der Waals surface area (Å²) in [5.74, 6) is 1.35. The van der Waals surface area contributed by atoms with Gasteiger partial charge in [0.15, 0.2) is 11.5 Å². The van der Waals surface area contributed by atoms with Crippen LogP contribution < -0.4 is 14.4 Å². The van der Waals surface area contributed by atoms with Crippen LogP contribution in [0.25, 0.3) is 11.5 Å². The monoisotopic (exact) mass is 386 g/mol. The number of anilines is 1. The largest absolute Gasteiger partial charge is 0.486 e. The Morgan fingerprint density at radius 3 is 2.37 bits per heavy atom. The van der Waals surface area contributed by atoms with E-state index < -0.39 is 9.84 Å². The zero-order valence-electron chi connectivity index (χ0n) is 14.9. The Hall–Kier alpha value is -3.00. The number of aromatic nitrogens is 1. The van der Waals surface area contributed by atoms with E-state index in [0.29, 0.717) is 30.3 Å². The van der Waals surface area contributed by atoms with Crippen LogP contribution >= 0.6 is 0 Å². The second kappa shape index (κ2) is 6.62. The van der Waals surface area contributed by atoms with Crippen molar-refractivity contribution in [3.8, 4) is 23.0 Å². The van der Waals surface area contributed by atoms with Gasteiger partial charge in [0.25, 0.3) is 0 Å². The normalized spacial score (nSPS) is 13.4. The highest BCUT2D eigenvalue weighted by atomic mass is 32.2. The highest BCUT2D eigenvalue weighted by molar-refractivity contribution is 7.91. The zero-order chi connectivity index (χ0) is 19.0. The summed E-state index contributed by atoms with van der Waals surface area (Å²) in [6.07, 6.45) is 0. The second-order valence-corrected chi connectivity index (χ2v) is 8.06. The molecule has 1 aliphatic rings. The van der Waals surface area contributed by atoms with E-state index in [1.54, 1.807) is 25.1 Å². The topological polar surface area (TPSA) is 81.9 Å². The van der Waals surface area contributed by atoms with Crippen LogP contribution in [-0.4, -0.2) is 40.7 Å². The van der Waals surface area contributed by atoms with Crippen molar-refractivity contribution in [3.05, 3.63) is 48.5 Å². The fourth-order valence-electron chi connectivity index (χ4n) is 2.76. The van der Waals surface area contributed by atoms with Gasteiger partial charge in [0.05, 0.1) is 4.90 Å². The van der Waals surface area contributed by atoms with Gasteiger partial charge in [-0.2, -0.15) is 4.98 Å². The quantitative estimate of drug-likeness (QED) is 0.682. The molecule has 2 aromatic carbocycles. The Bertz CT molecular complexity index is 1070. The van der Waals surface area contributed by atoms with E-state index in [0.717, 1.165) is 0 Å². The highest BCUT2D eigenvalue weighted by Gasteiger charge is 2.30. The Labute approximate surface area is 157 Å². The maximum absolute atomic E-state index is 13.2. The van der Waals surface area contributed by atoms with Crippen molar-refractivity contribution in [2.45, 2.75) is 9.92 Å². The number of rotatable bonds is 4. The predicted octanol–water partition coefficient (Wildman–Crippen LogP) is 3.01. The molecule has 3 aromatic rings. The molecule has 0 atom stereocenters. The molecule has 0 N–H and O–H groups in total. The van der Waals surface area contributed by atoms with Crippen molar-refractivity contribution >= 4 is 15.7 Å². The molecule has 0 aliphatic carbocycles. The van der Waals surface area contributed by atoms with Gasteiger partial charge in [0.1, 0.15) is 13.2 Å². The second-order valence-electron chi connectivity index (χ2n) is 6.20. The van der Waals surface area contributed by atoms with Crippen molar-refractivity contribution in [1.82, 2.24) is 4.98 Å². The lowest BCUT2D eigenvalue weighted by atomic mass is 10.2. The van der Waals surface area contributed by atoms with Crippen LogP contribution in [0.4, 0.5) is 5.88 Å². The molecule has 4 rings (SSSR count). The molecule has 0 fully saturated rings. The number of oxazole rings is 1. The fraction of sp³-hybridized carbons (Fsp3) is 0.211. The third-order valence-corrected chi connectivity index (χ3v) is 5.73. The first-order valence-electron chi connectivity index (χ1n) is 8.35. The molecule has 0 saturated heterocycles. The minimum atomic E-state index is -3.92. The lowest BCUT2D eigenvalue weighted by Crippen LogP contribution is -2.16. The van der Waals surface area contributed by atoms with Crippen LogP contribution in [0, 0.1) is 0 Å². The van der Waals surface area contributed by atoms with Crippen molar-refractivity contribution < 1.29 is 22.3 Å². The van der Waals surface area contributed by atoms with Gasteiger partial charge in [-0.3, -0.25) is 0 Å². The van der Waals surface area contributed by atoms with Gasteiger partial charge in [-0.1, -0.05) is 18.2 Å². The van der Waals surface area contributed by atoms with E-state index in [-0.39, 0.29) is 21.7 Å². The minimum Gasteiger partial charge on any atom is -0.486 e. The smallest absolute Gasteiger partial charge is 0.235 e. The lowest BCUT2D eigenvalue weighted by molar-refractivity contribution is 0.171. The van der Waals surface area contributed by atoms with Crippen molar-refractivity contribution in [3.63, 3.8) is 0 Å². The average Bonchev–Trinajstić information content (AvgIpc) is 3.15. The van der Waals surface area contributed by atoms with Crippen LogP contribution in [-0.2, 0) is 9.84 Å². The summed E-state index contributed by atoms with van der Waals surface area (Å²) in [5, 5.41) is -0.136. The standard InChI is InChI=1S/C19H18N2O5S/c1-21(2)19-18(20-17(26-19)13-6-4-3-5-7-13)27(22,23)14-8-9-15-16(12-14)25-11-10-24-15/h3-9,12H,10-11H2,1-2H3. The van der Waals surface area contributed by atoms with Gasteiger partial charge in [-0.15, -0.1) is 0 Å². The van der Waals surface area contributed by atoms with E-state index in [9.17, 15) is 8.42 Å². The molecule has 27 heavy (non-hydrogen) atoms. The van der Waals surface area contributed by atoms with Gasteiger partial charge < -0.3 is 18.8 Å². The Kier molecular flexibility index (Phi) is 4.27. The summed E-state index contributed by atoms with van der Waals surface area (Å²) in [7, 11) is -0.504. The molecule has 7 nitrogen and oxygen atoms in total. The number of hydrogen-bond acceptors (Lipinski definition) is 7. The van der Waals surface area contributed by atoms with Gasteiger partial charge in [0.2, 0.25) is 26.6 Å². The number of benzene rings is 2. The lowest BCUT2D eigenvalue weighted by Gasteiger charge is -2.18. The Morgan fingerprint density at radius 1 is 0.963 bits per heavy atom. The van der Waals surface area contributed by atoms with Crippen LogP contribution in [0.2, 0.25) is 0 Å². The van der Waals surface area contributed by atoms with Gasteiger partial charge in [-0.05, 0) is 24.3 Å². The van der Waals surface area contributed by atoms with Crippen molar-refractivity contribution in [2.24, 2.45) is 0 Å². The predicted molar refractivity (Wildman–Crippen MR) is 99.1 cm³/mol. The maximum Gasteiger partial charge on any atom is 0.235 e. The van der Waals surface area contributed by atoms with Crippen LogP contribution in [0.15, 0.2) is 62.9 Å². The summed E-state index contributed by atoms with van der Waals surface area (Å²) in [6, 6.07) is 13.7. The van der Waals surface area contributed by atoms with E-state index in [2.05, 4.69) is 4.98 Å². The Morgan fingerprint density at radius 2 is 1.67 bits per heavy atom. The van der Waals surface area contributed by atoms with Crippen LogP contribution in [0.1, 0.15) is 0 Å². The molecule has 0 saturated carbocycles. The van der Waals surface area contributed by atoms with Crippen molar-refractivity contribution in [1.29, 1.82) is 0 Å². The molecule has 140 valence electrons. The molecule has 0 radical (unpaired) electrons. The summed E-state index contributed by atoms with van der Waals surface area (Å²) in [6.45, 7) is 0.815. The zero-order valence-corrected chi connectivity index (χ0v) is 15.7. The molecule has 0 spiro atoms. The maximum atomic E-state index is 13.2. The van der Waals surface area contributed by atoms with Gasteiger partial charge in [0, 0.05) is 25.7 Å². The number of ether oxygens (including phenoxy) is 2. The SMILES string of the molecule is CN(C)c1oc(-c2ccccc2)nc1S(=O)(=O)c1ccc2c(c1)OCCO2. The number of sulfone groups is 1. The third-order valence-electron chi connectivity index (χ3n) is 4.08. The van der Waals surface area contributed by atoms with E-state index in [1.165, 1.54) is 12.1 Å². The molecule has 0 amide bonds. The van der Waals surface area contributed by atoms with Crippen molar-refractivity contribution in [2.75, 3.05) is 32.2 Å². The Balaban J connectivity index is 1.83. The molecule has 1 aromatic heterocycles. The minimum absolute atomic E-state index is 0.0720. The molecule has 2 heterocycles. The molecular weight excluding hydrogens is 368 g/mol. The van der Waals surface area contributed by atoms with Crippen LogP contribution in [0.5, 0.6) is 11.5 Å².